The minimum Gasteiger partial charge on any atom is -0.268 e. The summed E-state index contributed by atoms with van der Waals surface area (Å²) in [5.74, 6) is -0.651. The summed E-state index contributed by atoms with van der Waals surface area (Å²) in [4.78, 5) is 12.7. The molecule has 0 aliphatic carbocycles. The van der Waals surface area contributed by atoms with E-state index in [-0.39, 0.29) is 4.90 Å². The molecule has 0 unspecified atom stereocenters. The van der Waals surface area contributed by atoms with Gasteiger partial charge in [-0.15, -0.1) is 0 Å². The fraction of sp³-hybridized carbons (Fsp3) is 0.0952. The molecular formula is C21H19NO3S. The van der Waals surface area contributed by atoms with E-state index in [1.165, 1.54) is 12.1 Å². The third-order valence-corrected chi connectivity index (χ3v) is 5.44. The van der Waals surface area contributed by atoms with Crippen LogP contribution in [0.15, 0.2) is 77.7 Å². The maximum atomic E-state index is 12.7. The van der Waals surface area contributed by atoms with E-state index in [1.54, 1.807) is 30.3 Å². The fourth-order valence-corrected chi connectivity index (χ4v) is 3.59. The zero-order chi connectivity index (χ0) is 18.7. The molecule has 0 heterocycles. The topological polar surface area (TPSA) is 63.2 Å². The number of aryl methyl sites for hydroxylation is 2. The van der Waals surface area contributed by atoms with Crippen molar-refractivity contribution in [1.29, 1.82) is 0 Å². The first-order valence-corrected chi connectivity index (χ1v) is 9.65. The van der Waals surface area contributed by atoms with Gasteiger partial charge in [-0.3, -0.25) is 4.79 Å². The second-order valence-electron chi connectivity index (χ2n) is 6.16. The van der Waals surface area contributed by atoms with Gasteiger partial charge in [0.25, 0.3) is 15.9 Å². The van der Waals surface area contributed by atoms with E-state index in [2.05, 4.69) is 4.72 Å². The van der Waals surface area contributed by atoms with Crippen molar-refractivity contribution in [3.05, 3.63) is 89.5 Å². The molecule has 0 aliphatic rings. The smallest absolute Gasteiger partial charge is 0.265 e. The third kappa shape index (κ3) is 3.83. The van der Waals surface area contributed by atoms with Crippen LogP contribution in [0.1, 0.15) is 21.5 Å². The Kier molecular flexibility index (Phi) is 4.91. The largest absolute Gasteiger partial charge is 0.268 e. The molecular weight excluding hydrogens is 346 g/mol. The van der Waals surface area contributed by atoms with Crippen molar-refractivity contribution in [2.75, 3.05) is 0 Å². The second-order valence-corrected chi connectivity index (χ2v) is 7.84. The van der Waals surface area contributed by atoms with Crippen LogP contribution in [0.4, 0.5) is 0 Å². The fourth-order valence-electron chi connectivity index (χ4n) is 2.62. The van der Waals surface area contributed by atoms with Crippen LogP contribution in [-0.4, -0.2) is 14.3 Å². The molecule has 0 bridgehead atoms. The van der Waals surface area contributed by atoms with Crippen molar-refractivity contribution in [3.63, 3.8) is 0 Å². The summed E-state index contributed by atoms with van der Waals surface area (Å²) in [5.41, 5.74) is 3.91. The van der Waals surface area contributed by atoms with Crippen molar-refractivity contribution in [2.45, 2.75) is 18.7 Å². The molecule has 0 aromatic heterocycles. The van der Waals surface area contributed by atoms with Crippen molar-refractivity contribution >= 4 is 15.9 Å². The zero-order valence-electron chi connectivity index (χ0n) is 14.6. The van der Waals surface area contributed by atoms with Crippen LogP contribution in [-0.2, 0) is 10.0 Å². The van der Waals surface area contributed by atoms with Crippen molar-refractivity contribution < 1.29 is 13.2 Å². The first-order valence-electron chi connectivity index (χ1n) is 8.17. The average molecular weight is 365 g/mol. The van der Waals surface area contributed by atoms with Crippen molar-refractivity contribution in [2.24, 2.45) is 0 Å². The third-order valence-electron chi connectivity index (χ3n) is 4.09. The van der Waals surface area contributed by atoms with Gasteiger partial charge in [0.2, 0.25) is 0 Å². The van der Waals surface area contributed by atoms with Gasteiger partial charge < -0.3 is 0 Å². The lowest BCUT2D eigenvalue weighted by Gasteiger charge is -2.11. The highest BCUT2D eigenvalue weighted by atomic mass is 32.2. The summed E-state index contributed by atoms with van der Waals surface area (Å²) in [6, 6.07) is 21.0. The van der Waals surface area contributed by atoms with Gasteiger partial charge >= 0.3 is 0 Å². The standard InChI is InChI=1S/C21H19NO3S/c1-15-7-11-17(12-8-15)19-5-3-4-6-20(19)21(23)22-26(24,25)18-13-9-16(2)10-14-18/h3-14H,1-2H3,(H,22,23). The number of sulfonamides is 1. The Hall–Kier alpha value is -2.92. The van der Waals surface area contributed by atoms with Crippen LogP contribution in [0.2, 0.25) is 0 Å². The van der Waals surface area contributed by atoms with Gasteiger partial charge in [-0.1, -0.05) is 65.7 Å². The van der Waals surface area contributed by atoms with E-state index in [9.17, 15) is 13.2 Å². The summed E-state index contributed by atoms with van der Waals surface area (Å²) >= 11 is 0. The molecule has 0 spiro atoms. The Bertz CT molecular complexity index is 1040. The highest BCUT2D eigenvalue weighted by Gasteiger charge is 2.20. The summed E-state index contributed by atoms with van der Waals surface area (Å²) in [6.07, 6.45) is 0. The minimum atomic E-state index is -3.93. The molecule has 1 N–H and O–H groups in total. The van der Waals surface area contributed by atoms with E-state index >= 15 is 0 Å². The normalized spacial score (nSPS) is 11.2. The lowest BCUT2D eigenvalue weighted by atomic mass is 9.98. The monoisotopic (exact) mass is 365 g/mol. The van der Waals surface area contributed by atoms with Gasteiger partial charge in [-0.05, 0) is 43.2 Å². The number of rotatable bonds is 4. The van der Waals surface area contributed by atoms with Gasteiger partial charge in [0.15, 0.2) is 0 Å². The van der Waals surface area contributed by atoms with Crippen LogP contribution in [0, 0.1) is 13.8 Å². The van der Waals surface area contributed by atoms with E-state index in [4.69, 9.17) is 0 Å². The van der Waals surface area contributed by atoms with E-state index < -0.39 is 15.9 Å². The van der Waals surface area contributed by atoms with Gasteiger partial charge in [0.05, 0.1) is 4.90 Å². The number of carbonyl (C=O) groups excluding carboxylic acids is 1. The molecule has 0 fully saturated rings. The Morgan fingerprint density at radius 1 is 0.769 bits per heavy atom. The number of hydrogen-bond acceptors (Lipinski definition) is 3. The second kappa shape index (κ2) is 7.14. The maximum Gasteiger partial charge on any atom is 0.265 e. The first kappa shape index (κ1) is 17.9. The summed E-state index contributed by atoms with van der Waals surface area (Å²) in [6.45, 7) is 3.85. The molecule has 5 heteroatoms. The summed E-state index contributed by atoms with van der Waals surface area (Å²) < 4.78 is 27.1. The van der Waals surface area contributed by atoms with Crippen LogP contribution >= 0.6 is 0 Å². The van der Waals surface area contributed by atoms with Crippen LogP contribution in [0.25, 0.3) is 11.1 Å². The highest BCUT2D eigenvalue weighted by molar-refractivity contribution is 7.90. The average Bonchev–Trinajstić information content (AvgIpc) is 2.62. The molecule has 3 rings (SSSR count). The lowest BCUT2D eigenvalue weighted by Crippen LogP contribution is -2.30. The molecule has 0 saturated heterocycles. The molecule has 3 aromatic rings. The molecule has 1 amide bonds. The molecule has 0 aliphatic heterocycles. The SMILES string of the molecule is Cc1ccc(-c2ccccc2C(=O)NS(=O)(=O)c2ccc(C)cc2)cc1. The summed E-state index contributed by atoms with van der Waals surface area (Å²) in [5, 5.41) is 0. The number of benzene rings is 3. The number of carbonyl (C=O) groups is 1. The van der Waals surface area contributed by atoms with E-state index in [0.29, 0.717) is 11.1 Å². The zero-order valence-corrected chi connectivity index (χ0v) is 15.4. The molecule has 3 aromatic carbocycles. The van der Waals surface area contributed by atoms with Crippen molar-refractivity contribution in [1.82, 2.24) is 4.72 Å². The van der Waals surface area contributed by atoms with Gasteiger partial charge in [0.1, 0.15) is 0 Å². The van der Waals surface area contributed by atoms with Crippen LogP contribution < -0.4 is 4.72 Å². The lowest BCUT2D eigenvalue weighted by molar-refractivity contribution is 0.0982. The number of amides is 1. The Morgan fingerprint density at radius 2 is 1.31 bits per heavy atom. The van der Waals surface area contributed by atoms with Crippen molar-refractivity contribution in [3.8, 4) is 11.1 Å². The Balaban J connectivity index is 1.93. The van der Waals surface area contributed by atoms with Gasteiger partial charge in [0, 0.05) is 5.56 Å². The summed E-state index contributed by atoms with van der Waals surface area (Å²) in [7, 11) is -3.93. The highest BCUT2D eigenvalue weighted by Crippen LogP contribution is 2.24. The van der Waals surface area contributed by atoms with Gasteiger partial charge in [-0.2, -0.15) is 0 Å². The number of nitrogens with one attached hydrogen (secondary N) is 1. The number of hydrogen-bond donors (Lipinski definition) is 1. The van der Waals surface area contributed by atoms with Crippen LogP contribution in [0.5, 0.6) is 0 Å². The first-order chi connectivity index (χ1) is 12.4. The molecule has 4 nitrogen and oxygen atoms in total. The Labute approximate surface area is 153 Å². The molecule has 0 saturated carbocycles. The Morgan fingerprint density at radius 3 is 1.92 bits per heavy atom. The molecule has 132 valence electrons. The predicted octanol–water partition coefficient (Wildman–Crippen LogP) is 4.09. The molecule has 0 radical (unpaired) electrons. The van der Waals surface area contributed by atoms with E-state index in [0.717, 1.165) is 16.7 Å². The predicted molar refractivity (Wildman–Crippen MR) is 102 cm³/mol. The van der Waals surface area contributed by atoms with Crippen LogP contribution in [0.3, 0.4) is 0 Å². The minimum absolute atomic E-state index is 0.0595. The van der Waals surface area contributed by atoms with E-state index in [1.807, 2.05) is 44.2 Å². The molecule has 0 atom stereocenters. The van der Waals surface area contributed by atoms with Gasteiger partial charge in [-0.25, -0.2) is 13.1 Å². The quantitative estimate of drug-likeness (QED) is 0.757. The maximum absolute atomic E-state index is 12.7. The molecule has 26 heavy (non-hydrogen) atoms.